The lowest BCUT2D eigenvalue weighted by Crippen LogP contribution is -2.43. The molecule has 1 fully saturated rings. The van der Waals surface area contributed by atoms with Crippen LogP contribution in [0.4, 0.5) is 16.2 Å². The fourth-order valence-electron chi connectivity index (χ4n) is 2.40. The number of ether oxygens (including phenoxy) is 2. The van der Waals surface area contributed by atoms with E-state index in [-0.39, 0.29) is 0 Å². The summed E-state index contributed by atoms with van der Waals surface area (Å²) in [6.45, 7) is 4.60. The molecule has 2 atom stereocenters. The van der Waals surface area contributed by atoms with Gasteiger partial charge in [-0.1, -0.05) is 6.07 Å². The Morgan fingerprint density at radius 2 is 2.33 bits per heavy atom. The highest BCUT2D eigenvalue weighted by Gasteiger charge is 2.16. The van der Waals surface area contributed by atoms with Crippen molar-refractivity contribution in [3.8, 4) is 0 Å². The molecule has 3 N–H and O–H groups in total. The van der Waals surface area contributed by atoms with Crippen LogP contribution in [0.5, 0.6) is 0 Å². The van der Waals surface area contributed by atoms with E-state index in [4.69, 9.17) is 4.74 Å². The van der Waals surface area contributed by atoms with Crippen molar-refractivity contribution in [2.24, 2.45) is 0 Å². The monoisotopic (exact) mass is 293 g/mol. The van der Waals surface area contributed by atoms with Gasteiger partial charge in [0.05, 0.1) is 20.3 Å². The average Bonchev–Trinajstić information content (AvgIpc) is 2.48. The van der Waals surface area contributed by atoms with E-state index in [2.05, 4.69) is 27.6 Å². The first kappa shape index (κ1) is 15.6. The smallest absolute Gasteiger partial charge is 0.411 e. The van der Waals surface area contributed by atoms with E-state index < -0.39 is 6.09 Å². The molecule has 1 aromatic carbocycles. The summed E-state index contributed by atoms with van der Waals surface area (Å²) < 4.78 is 10.0. The third-order valence-electron chi connectivity index (χ3n) is 3.34. The highest BCUT2D eigenvalue weighted by atomic mass is 16.5. The zero-order valence-electron chi connectivity index (χ0n) is 12.5. The Balaban J connectivity index is 1.86. The molecule has 2 unspecified atom stereocenters. The molecule has 1 heterocycles. The van der Waals surface area contributed by atoms with Crippen molar-refractivity contribution in [1.29, 1.82) is 0 Å². The second kappa shape index (κ2) is 7.85. The van der Waals surface area contributed by atoms with Crippen molar-refractivity contribution in [3.05, 3.63) is 24.3 Å². The SMILES string of the molecule is COC(=O)Nc1cccc(NC(C)CC2COCCN2)c1. The van der Waals surface area contributed by atoms with Crippen molar-refractivity contribution >= 4 is 17.5 Å². The first-order chi connectivity index (χ1) is 10.2. The highest BCUT2D eigenvalue weighted by Crippen LogP contribution is 2.17. The number of hydrogen-bond donors (Lipinski definition) is 3. The van der Waals surface area contributed by atoms with E-state index in [0.29, 0.717) is 17.8 Å². The Labute approximate surface area is 125 Å². The lowest BCUT2D eigenvalue weighted by molar-refractivity contribution is 0.0731. The number of rotatable bonds is 5. The zero-order chi connectivity index (χ0) is 15.1. The maximum Gasteiger partial charge on any atom is 0.411 e. The molecule has 116 valence electrons. The Morgan fingerprint density at radius 3 is 3.05 bits per heavy atom. The van der Waals surface area contributed by atoms with Gasteiger partial charge in [0, 0.05) is 30.0 Å². The third kappa shape index (κ3) is 5.24. The summed E-state index contributed by atoms with van der Waals surface area (Å²) in [5, 5.41) is 9.53. The summed E-state index contributed by atoms with van der Waals surface area (Å²) in [6, 6.07) is 8.27. The topological polar surface area (TPSA) is 71.6 Å². The molecule has 0 radical (unpaired) electrons. The maximum atomic E-state index is 11.2. The number of carbonyl (C=O) groups excluding carboxylic acids is 1. The van der Waals surface area contributed by atoms with Gasteiger partial charge in [-0.2, -0.15) is 0 Å². The van der Waals surface area contributed by atoms with Crippen LogP contribution in [0, 0.1) is 0 Å². The molecule has 0 spiro atoms. The molecule has 21 heavy (non-hydrogen) atoms. The molecule has 0 aliphatic carbocycles. The number of benzene rings is 1. The number of amides is 1. The third-order valence-corrected chi connectivity index (χ3v) is 3.34. The molecule has 6 nitrogen and oxygen atoms in total. The summed E-state index contributed by atoms with van der Waals surface area (Å²) in [4.78, 5) is 11.2. The molecule has 1 saturated heterocycles. The lowest BCUT2D eigenvalue weighted by atomic mass is 10.1. The first-order valence-electron chi connectivity index (χ1n) is 7.20. The molecule has 1 aliphatic heterocycles. The molecule has 0 saturated carbocycles. The van der Waals surface area contributed by atoms with Crippen LogP contribution in [0.3, 0.4) is 0 Å². The Bertz CT molecular complexity index is 461. The van der Waals surface area contributed by atoms with Crippen LogP contribution < -0.4 is 16.0 Å². The van der Waals surface area contributed by atoms with Gasteiger partial charge < -0.3 is 20.1 Å². The van der Waals surface area contributed by atoms with Gasteiger partial charge in [-0.05, 0) is 31.5 Å². The average molecular weight is 293 g/mol. The van der Waals surface area contributed by atoms with Crippen LogP contribution in [0.1, 0.15) is 13.3 Å². The normalized spacial score (nSPS) is 19.6. The standard InChI is InChI=1S/C15H23N3O3/c1-11(8-14-10-21-7-6-16-14)17-12-4-3-5-13(9-12)18-15(19)20-2/h3-5,9,11,14,16-17H,6-8,10H2,1-2H3,(H,18,19). The molecule has 1 amide bonds. The molecular formula is C15H23N3O3. The predicted octanol–water partition coefficient (Wildman–Crippen LogP) is 2.04. The number of morpholine rings is 1. The van der Waals surface area contributed by atoms with Gasteiger partial charge in [0.1, 0.15) is 0 Å². The summed E-state index contributed by atoms with van der Waals surface area (Å²) in [5.41, 5.74) is 1.67. The molecule has 2 rings (SSSR count). The van der Waals surface area contributed by atoms with E-state index in [1.165, 1.54) is 7.11 Å². The minimum absolute atomic E-state index is 0.303. The van der Waals surface area contributed by atoms with E-state index in [0.717, 1.165) is 31.9 Å². The van der Waals surface area contributed by atoms with Gasteiger partial charge in [0.25, 0.3) is 0 Å². The summed E-state index contributed by atoms with van der Waals surface area (Å²) in [7, 11) is 1.35. The van der Waals surface area contributed by atoms with E-state index in [1.54, 1.807) is 0 Å². The maximum absolute atomic E-state index is 11.2. The van der Waals surface area contributed by atoms with Crippen LogP contribution in [0.2, 0.25) is 0 Å². The predicted molar refractivity (Wildman–Crippen MR) is 82.8 cm³/mol. The van der Waals surface area contributed by atoms with E-state index >= 15 is 0 Å². The Morgan fingerprint density at radius 1 is 1.52 bits per heavy atom. The van der Waals surface area contributed by atoms with Crippen molar-refractivity contribution in [2.75, 3.05) is 37.5 Å². The van der Waals surface area contributed by atoms with Crippen LogP contribution in [0.15, 0.2) is 24.3 Å². The van der Waals surface area contributed by atoms with Gasteiger partial charge in [-0.3, -0.25) is 5.32 Å². The summed E-state index contributed by atoms with van der Waals surface area (Å²) in [5.74, 6) is 0. The fourth-order valence-corrected chi connectivity index (χ4v) is 2.40. The minimum Gasteiger partial charge on any atom is -0.453 e. The Kier molecular flexibility index (Phi) is 5.83. The number of nitrogens with one attached hydrogen (secondary N) is 3. The fraction of sp³-hybridized carbons (Fsp3) is 0.533. The minimum atomic E-state index is -0.469. The van der Waals surface area contributed by atoms with Crippen molar-refractivity contribution < 1.29 is 14.3 Å². The number of anilines is 2. The Hall–Kier alpha value is -1.79. The first-order valence-corrected chi connectivity index (χ1v) is 7.20. The summed E-state index contributed by atoms with van der Waals surface area (Å²) >= 11 is 0. The zero-order valence-corrected chi connectivity index (χ0v) is 12.5. The van der Waals surface area contributed by atoms with Crippen molar-refractivity contribution in [1.82, 2.24) is 5.32 Å². The summed E-state index contributed by atoms with van der Waals surface area (Å²) in [6.07, 6.45) is 0.512. The van der Waals surface area contributed by atoms with Crippen LogP contribution in [-0.2, 0) is 9.47 Å². The van der Waals surface area contributed by atoms with Gasteiger partial charge in [-0.25, -0.2) is 4.79 Å². The van der Waals surface area contributed by atoms with Gasteiger partial charge in [-0.15, -0.1) is 0 Å². The number of hydrogen-bond acceptors (Lipinski definition) is 5. The molecule has 1 aliphatic rings. The molecule has 6 heteroatoms. The van der Waals surface area contributed by atoms with Crippen molar-refractivity contribution in [2.45, 2.75) is 25.4 Å². The van der Waals surface area contributed by atoms with Gasteiger partial charge >= 0.3 is 6.09 Å². The number of carbonyl (C=O) groups is 1. The second-order valence-corrected chi connectivity index (χ2v) is 5.20. The molecule has 0 bridgehead atoms. The van der Waals surface area contributed by atoms with E-state index in [9.17, 15) is 4.79 Å². The van der Waals surface area contributed by atoms with Crippen molar-refractivity contribution in [3.63, 3.8) is 0 Å². The largest absolute Gasteiger partial charge is 0.453 e. The van der Waals surface area contributed by atoms with Crippen LogP contribution in [0.25, 0.3) is 0 Å². The van der Waals surface area contributed by atoms with E-state index in [1.807, 2.05) is 24.3 Å². The van der Waals surface area contributed by atoms with Crippen LogP contribution >= 0.6 is 0 Å². The second-order valence-electron chi connectivity index (χ2n) is 5.20. The van der Waals surface area contributed by atoms with Gasteiger partial charge in [0.15, 0.2) is 0 Å². The van der Waals surface area contributed by atoms with Crippen LogP contribution in [-0.4, -0.2) is 45.0 Å². The molecular weight excluding hydrogens is 270 g/mol. The van der Waals surface area contributed by atoms with Gasteiger partial charge in [0.2, 0.25) is 0 Å². The lowest BCUT2D eigenvalue weighted by Gasteiger charge is -2.27. The number of methoxy groups -OCH3 is 1. The molecule has 1 aromatic rings. The quantitative estimate of drug-likeness (QED) is 0.775. The molecule has 0 aromatic heterocycles. The highest BCUT2D eigenvalue weighted by molar-refractivity contribution is 5.85.